The maximum absolute atomic E-state index is 9.11. The number of nitrogens with zero attached hydrogens (tertiary/aromatic N) is 1. The van der Waals surface area contributed by atoms with E-state index in [-0.39, 0.29) is 12.0 Å². The molecule has 0 heterocycles. The Hall–Kier alpha value is -2.47. The molecule has 0 amide bonds. The van der Waals surface area contributed by atoms with Crippen molar-refractivity contribution >= 4 is 5.69 Å². The van der Waals surface area contributed by atoms with Crippen LogP contribution in [-0.4, -0.2) is 6.04 Å². The molecule has 1 N–H and O–H groups in total. The van der Waals surface area contributed by atoms with Crippen molar-refractivity contribution in [3.05, 3.63) is 54.6 Å². The first-order valence-electron chi connectivity index (χ1n) is 7.34. The van der Waals surface area contributed by atoms with Gasteiger partial charge in [-0.05, 0) is 55.7 Å². The number of hydrogen-bond donors (Lipinski definition) is 1. The molecule has 106 valence electrons. The summed E-state index contributed by atoms with van der Waals surface area (Å²) in [4.78, 5) is 0. The molecule has 0 spiro atoms. The summed E-state index contributed by atoms with van der Waals surface area (Å²) in [5.74, 6) is 1.78. The van der Waals surface area contributed by atoms with Crippen LogP contribution in [0.15, 0.2) is 54.6 Å². The van der Waals surface area contributed by atoms with Gasteiger partial charge in [0.1, 0.15) is 11.5 Å². The monoisotopic (exact) mass is 278 g/mol. The van der Waals surface area contributed by atoms with Crippen LogP contribution in [0, 0.1) is 17.2 Å². The highest BCUT2D eigenvalue weighted by Crippen LogP contribution is 2.29. The van der Waals surface area contributed by atoms with Gasteiger partial charge in [0.15, 0.2) is 0 Å². The molecule has 2 aromatic carbocycles. The first-order valence-corrected chi connectivity index (χ1v) is 7.34. The second-order valence-corrected chi connectivity index (χ2v) is 5.36. The lowest BCUT2D eigenvalue weighted by molar-refractivity contribution is 0.482. The van der Waals surface area contributed by atoms with E-state index >= 15 is 0 Å². The highest BCUT2D eigenvalue weighted by molar-refractivity contribution is 5.48. The van der Waals surface area contributed by atoms with Crippen LogP contribution in [0.25, 0.3) is 0 Å². The van der Waals surface area contributed by atoms with Gasteiger partial charge in [-0.3, -0.25) is 0 Å². The molecule has 0 radical (unpaired) electrons. The van der Waals surface area contributed by atoms with Gasteiger partial charge in [-0.15, -0.1) is 0 Å². The molecule has 0 aliphatic heterocycles. The molecule has 1 saturated carbocycles. The average molecular weight is 278 g/mol. The normalized spacial score (nSPS) is 20.7. The zero-order valence-corrected chi connectivity index (χ0v) is 11.8. The SMILES string of the molecule is N#CC1CCCC1Nc1ccc(Oc2ccccc2)cc1. The third-order valence-corrected chi connectivity index (χ3v) is 3.87. The maximum atomic E-state index is 9.11. The molecule has 3 heteroatoms. The molecular formula is C18H18N2O. The lowest BCUT2D eigenvalue weighted by Crippen LogP contribution is -2.22. The Morgan fingerprint density at radius 3 is 2.38 bits per heavy atom. The first kappa shape index (κ1) is 13.5. The van der Waals surface area contributed by atoms with E-state index < -0.39 is 0 Å². The van der Waals surface area contributed by atoms with Crippen LogP contribution in [0.5, 0.6) is 11.5 Å². The van der Waals surface area contributed by atoms with Gasteiger partial charge in [0.05, 0.1) is 12.0 Å². The van der Waals surface area contributed by atoms with Crippen LogP contribution in [-0.2, 0) is 0 Å². The fourth-order valence-electron chi connectivity index (χ4n) is 2.75. The van der Waals surface area contributed by atoms with Crippen LogP contribution < -0.4 is 10.1 Å². The van der Waals surface area contributed by atoms with E-state index in [0.29, 0.717) is 0 Å². The topological polar surface area (TPSA) is 45.0 Å². The highest BCUT2D eigenvalue weighted by atomic mass is 16.5. The van der Waals surface area contributed by atoms with Gasteiger partial charge in [-0.25, -0.2) is 0 Å². The van der Waals surface area contributed by atoms with Crippen molar-refractivity contribution in [1.29, 1.82) is 5.26 Å². The third kappa shape index (κ3) is 3.35. The summed E-state index contributed by atoms with van der Waals surface area (Å²) in [6.07, 6.45) is 3.20. The molecule has 3 rings (SSSR count). The van der Waals surface area contributed by atoms with Crippen molar-refractivity contribution in [2.45, 2.75) is 25.3 Å². The van der Waals surface area contributed by atoms with Gasteiger partial charge in [0, 0.05) is 11.7 Å². The van der Waals surface area contributed by atoms with Crippen LogP contribution >= 0.6 is 0 Å². The van der Waals surface area contributed by atoms with E-state index in [0.717, 1.165) is 36.4 Å². The summed E-state index contributed by atoms with van der Waals surface area (Å²) in [7, 11) is 0. The highest BCUT2D eigenvalue weighted by Gasteiger charge is 2.26. The molecular weight excluding hydrogens is 260 g/mol. The Balaban J connectivity index is 1.63. The molecule has 2 unspecified atom stereocenters. The molecule has 1 fully saturated rings. The Bertz CT molecular complexity index is 616. The van der Waals surface area contributed by atoms with E-state index in [4.69, 9.17) is 10.00 Å². The molecule has 1 aliphatic carbocycles. The number of benzene rings is 2. The number of nitrogens with one attached hydrogen (secondary N) is 1. The van der Waals surface area contributed by atoms with Gasteiger partial charge in [-0.2, -0.15) is 5.26 Å². The molecule has 1 aliphatic rings. The van der Waals surface area contributed by atoms with Gasteiger partial charge in [-0.1, -0.05) is 18.2 Å². The lowest BCUT2D eigenvalue weighted by Gasteiger charge is -2.17. The van der Waals surface area contributed by atoms with Gasteiger partial charge in [0.2, 0.25) is 0 Å². The van der Waals surface area contributed by atoms with Crippen LogP contribution in [0.2, 0.25) is 0 Å². The minimum atomic E-state index is 0.130. The number of rotatable bonds is 4. The van der Waals surface area contributed by atoms with Crippen LogP contribution in [0.3, 0.4) is 0 Å². The van der Waals surface area contributed by atoms with Crippen molar-refractivity contribution < 1.29 is 4.74 Å². The maximum Gasteiger partial charge on any atom is 0.127 e. The Morgan fingerprint density at radius 2 is 1.67 bits per heavy atom. The van der Waals surface area contributed by atoms with Gasteiger partial charge in [0.25, 0.3) is 0 Å². The van der Waals surface area contributed by atoms with Crippen molar-refractivity contribution in [2.24, 2.45) is 5.92 Å². The van der Waals surface area contributed by atoms with E-state index in [9.17, 15) is 0 Å². The summed E-state index contributed by atoms with van der Waals surface area (Å²) in [6, 6.07) is 20.3. The second kappa shape index (κ2) is 6.32. The largest absolute Gasteiger partial charge is 0.457 e. The molecule has 0 bridgehead atoms. The first-order chi connectivity index (χ1) is 10.3. The van der Waals surface area contributed by atoms with Crippen molar-refractivity contribution in [1.82, 2.24) is 0 Å². The molecule has 2 atom stereocenters. The molecule has 3 nitrogen and oxygen atoms in total. The predicted molar refractivity (Wildman–Crippen MR) is 83.3 cm³/mol. The summed E-state index contributed by atoms with van der Waals surface area (Å²) in [6.45, 7) is 0. The smallest absolute Gasteiger partial charge is 0.127 e. The van der Waals surface area contributed by atoms with Crippen molar-refractivity contribution in [3.8, 4) is 17.6 Å². The zero-order chi connectivity index (χ0) is 14.5. The summed E-state index contributed by atoms with van der Waals surface area (Å²) in [5, 5.41) is 12.6. The fourth-order valence-corrected chi connectivity index (χ4v) is 2.75. The third-order valence-electron chi connectivity index (χ3n) is 3.87. The van der Waals surface area contributed by atoms with Crippen LogP contribution in [0.1, 0.15) is 19.3 Å². The lowest BCUT2D eigenvalue weighted by atomic mass is 10.1. The zero-order valence-electron chi connectivity index (χ0n) is 11.8. The van der Waals surface area contributed by atoms with E-state index in [1.165, 1.54) is 0 Å². The number of anilines is 1. The van der Waals surface area contributed by atoms with Gasteiger partial charge >= 0.3 is 0 Å². The number of nitriles is 1. The van der Waals surface area contributed by atoms with E-state index in [2.05, 4.69) is 11.4 Å². The number of hydrogen-bond acceptors (Lipinski definition) is 3. The standard InChI is InChI=1S/C18H18N2O/c19-13-14-5-4-8-18(14)20-15-9-11-17(12-10-15)21-16-6-2-1-3-7-16/h1-3,6-7,9-12,14,18,20H,4-5,8H2. The van der Waals surface area contributed by atoms with Gasteiger partial charge < -0.3 is 10.1 Å². The summed E-state index contributed by atoms with van der Waals surface area (Å²) in [5.41, 5.74) is 1.04. The minimum Gasteiger partial charge on any atom is -0.457 e. The Labute approximate surface area is 125 Å². The van der Waals surface area contributed by atoms with Crippen molar-refractivity contribution in [3.63, 3.8) is 0 Å². The molecule has 2 aromatic rings. The van der Waals surface area contributed by atoms with E-state index in [1.54, 1.807) is 0 Å². The number of para-hydroxylation sites is 1. The Kier molecular flexibility index (Phi) is 4.07. The quantitative estimate of drug-likeness (QED) is 0.890. The minimum absolute atomic E-state index is 0.130. The average Bonchev–Trinajstić information content (AvgIpc) is 2.97. The molecule has 21 heavy (non-hydrogen) atoms. The van der Waals surface area contributed by atoms with Crippen molar-refractivity contribution in [2.75, 3.05) is 5.32 Å². The summed E-state index contributed by atoms with van der Waals surface area (Å²) < 4.78 is 5.77. The van der Waals surface area contributed by atoms with Crippen LogP contribution in [0.4, 0.5) is 5.69 Å². The Morgan fingerprint density at radius 1 is 0.952 bits per heavy atom. The summed E-state index contributed by atoms with van der Waals surface area (Å²) >= 11 is 0. The molecule has 0 saturated heterocycles. The number of ether oxygens (including phenoxy) is 1. The predicted octanol–water partition coefficient (Wildman–Crippen LogP) is 4.58. The van der Waals surface area contributed by atoms with E-state index in [1.807, 2.05) is 54.6 Å². The second-order valence-electron chi connectivity index (χ2n) is 5.36. The molecule has 0 aromatic heterocycles. The fraction of sp³-hybridized carbons (Fsp3) is 0.278.